The van der Waals surface area contributed by atoms with E-state index in [0.717, 1.165) is 4.68 Å². The number of rotatable bonds is 2. The van der Waals surface area contributed by atoms with E-state index in [1.807, 2.05) is 0 Å². The molecule has 0 N–H and O–H groups in total. The average Bonchev–Trinajstić information content (AvgIpc) is 2.70. The third-order valence-electron chi connectivity index (χ3n) is 2.70. The molecule has 0 aromatic carbocycles. The minimum atomic E-state index is -0.848. The molecule has 1 unspecified atom stereocenters. The number of nitrogens with zero attached hydrogens (tertiary/aromatic N) is 5. The van der Waals surface area contributed by atoms with Crippen molar-refractivity contribution < 1.29 is 9.53 Å². The van der Waals surface area contributed by atoms with E-state index in [4.69, 9.17) is 4.74 Å². The first-order valence-corrected chi connectivity index (χ1v) is 6.21. The smallest absolute Gasteiger partial charge is 0.331 e. The summed E-state index contributed by atoms with van der Waals surface area (Å²) in [5.74, 6) is -0.530. The fraction of sp³-hybridized carbons (Fsp3) is 0.583. The fourth-order valence-corrected chi connectivity index (χ4v) is 1.70. The summed E-state index contributed by atoms with van der Waals surface area (Å²) in [6, 6.07) is -0.848. The monoisotopic (exact) mass is 279 g/mol. The van der Waals surface area contributed by atoms with Crippen molar-refractivity contribution in [3.63, 3.8) is 0 Å². The number of carbonyl (C=O) groups is 1. The van der Waals surface area contributed by atoms with Gasteiger partial charge in [0.1, 0.15) is 11.0 Å². The first kappa shape index (κ1) is 14.2. The molecule has 2 aromatic heterocycles. The van der Waals surface area contributed by atoms with Crippen LogP contribution in [0, 0.1) is 0 Å². The summed E-state index contributed by atoms with van der Waals surface area (Å²) in [4.78, 5) is 24.2. The SMILES string of the molecule is CC(C(=O)OC(C)(C)C)n1nnc2c(cnn2C)c1=O. The molecule has 2 rings (SSSR count). The van der Waals surface area contributed by atoms with Gasteiger partial charge in [-0.3, -0.25) is 4.79 Å². The lowest BCUT2D eigenvalue weighted by atomic mass is 10.2. The van der Waals surface area contributed by atoms with Crippen molar-refractivity contribution in [3.8, 4) is 0 Å². The van der Waals surface area contributed by atoms with E-state index in [0.29, 0.717) is 11.0 Å². The van der Waals surface area contributed by atoms with E-state index in [1.54, 1.807) is 34.7 Å². The Balaban J connectivity index is 2.40. The van der Waals surface area contributed by atoms with Crippen LogP contribution in [-0.2, 0) is 16.6 Å². The molecule has 2 aromatic rings. The molecule has 2 heterocycles. The third kappa shape index (κ3) is 2.54. The number of aryl methyl sites for hydroxylation is 1. The van der Waals surface area contributed by atoms with Crippen LogP contribution in [0.3, 0.4) is 0 Å². The van der Waals surface area contributed by atoms with Crippen LogP contribution >= 0.6 is 0 Å². The Morgan fingerprint density at radius 2 is 2.05 bits per heavy atom. The zero-order chi connectivity index (χ0) is 15.1. The number of hydrogen-bond donors (Lipinski definition) is 0. The highest BCUT2D eigenvalue weighted by atomic mass is 16.6. The Hall–Kier alpha value is -2.25. The second kappa shape index (κ2) is 4.69. The van der Waals surface area contributed by atoms with E-state index < -0.39 is 23.2 Å². The molecule has 0 spiro atoms. The zero-order valence-corrected chi connectivity index (χ0v) is 12.1. The van der Waals surface area contributed by atoms with E-state index in [9.17, 15) is 9.59 Å². The molecular formula is C12H17N5O3. The Morgan fingerprint density at radius 3 is 2.65 bits per heavy atom. The lowest BCUT2D eigenvalue weighted by molar-refractivity contribution is -0.158. The predicted octanol–water partition coefficient (Wildman–Crippen LogP) is 0.428. The van der Waals surface area contributed by atoms with Crippen LogP contribution in [0.1, 0.15) is 33.7 Å². The first-order valence-electron chi connectivity index (χ1n) is 6.21. The van der Waals surface area contributed by atoms with Gasteiger partial charge in [-0.2, -0.15) is 9.78 Å². The van der Waals surface area contributed by atoms with Crippen LogP contribution in [0.4, 0.5) is 0 Å². The minimum Gasteiger partial charge on any atom is -0.458 e. The summed E-state index contributed by atoms with van der Waals surface area (Å²) in [5, 5.41) is 12.0. The van der Waals surface area contributed by atoms with Crippen LogP contribution < -0.4 is 5.56 Å². The highest BCUT2D eigenvalue weighted by Crippen LogP contribution is 2.13. The maximum absolute atomic E-state index is 12.3. The van der Waals surface area contributed by atoms with Crippen molar-refractivity contribution in [2.45, 2.75) is 39.3 Å². The predicted molar refractivity (Wildman–Crippen MR) is 71.1 cm³/mol. The van der Waals surface area contributed by atoms with Gasteiger partial charge in [-0.25, -0.2) is 9.48 Å². The van der Waals surface area contributed by atoms with Gasteiger partial charge in [0.15, 0.2) is 11.7 Å². The Kier molecular flexibility index (Phi) is 3.33. The molecule has 8 heteroatoms. The van der Waals surface area contributed by atoms with Gasteiger partial charge in [0.05, 0.1) is 6.20 Å². The van der Waals surface area contributed by atoms with Crippen molar-refractivity contribution in [2.75, 3.05) is 0 Å². The normalized spacial score (nSPS) is 13.4. The third-order valence-corrected chi connectivity index (χ3v) is 2.70. The second-order valence-electron chi connectivity index (χ2n) is 5.55. The van der Waals surface area contributed by atoms with Crippen LogP contribution in [0.25, 0.3) is 11.0 Å². The van der Waals surface area contributed by atoms with Gasteiger partial charge in [-0.05, 0) is 27.7 Å². The molecule has 0 aliphatic rings. The molecule has 1 atom stereocenters. The van der Waals surface area contributed by atoms with Crippen LogP contribution in [0.2, 0.25) is 0 Å². The van der Waals surface area contributed by atoms with Gasteiger partial charge >= 0.3 is 5.97 Å². The molecule has 0 radical (unpaired) electrons. The minimum absolute atomic E-state index is 0.318. The number of hydrogen-bond acceptors (Lipinski definition) is 6. The second-order valence-corrected chi connectivity index (χ2v) is 5.55. The Bertz CT molecular complexity index is 710. The summed E-state index contributed by atoms with van der Waals surface area (Å²) in [6.07, 6.45) is 1.41. The van der Waals surface area contributed by atoms with Gasteiger partial charge in [0.2, 0.25) is 0 Å². The molecule has 108 valence electrons. The molecular weight excluding hydrogens is 262 g/mol. The van der Waals surface area contributed by atoms with Crippen LogP contribution in [-0.4, -0.2) is 36.3 Å². The maximum atomic E-state index is 12.3. The van der Waals surface area contributed by atoms with Crippen molar-refractivity contribution >= 4 is 17.0 Å². The van der Waals surface area contributed by atoms with Gasteiger partial charge in [-0.1, -0.05) is 5.21 Å². The molecule has 0 aliphatic heterocycles. The van der Waals surface area contributed by atoms with E-state index in [-0.39, 0.29) is 0 Å². The highest BCUT2D eigenvalue weighted by molar-refractivity contribution is 5.75. The van der Waals surface area contributed by atoms with Gasteiger partial charge < -0.3 is 4.74 Å². The quantitative estimate of drug-likeness (QED) is 0.740. The summed E-state index contributed by atoms with van der Waals surface area (Å²) in [6.45, 7) is 6.83. The lowest BCUT2D eigenvalue weighted by Crippen LogP contribution is -2.35. The van der Waals surface area contributed by atoms with Crippen LogP contribution in [0.15, 0.2) is 11.0 Å². The highest BCUT2D eigenvalue weighted by Gasteiger charge is 2.25. The number of ether oxygens (including phenoxy) is 1. The molecule has 0 fully saturated rings. The molecule has 0 saturated heterocycles. The molecule has 0 amide bonds. The van der Waals surface area contributed by atoms with Crippen molar-refractivity contribution in [2.24, 2.45) is 7.05 Å². The summed E-state index contributed by atoms with van der Waals surface area (Å²) < 4.78 is 7.70. The average molecular weight is 279 g/mol. The summed E-state index contributed by atoms with van der Waals surface area (Å²) >= 11 is 0. The number of carbonyl (C=O) groups excluding carboxylic acids is 1. The molecule has 0 aliphatic carbocycles. The van der Waals surface area contributed by atoms with E-state index in [1.165, 1.54) is 10.9 Å². The topological polar surface area (TPSA) is 91.9 Å². The lowest BCUT2D eigenvalue weighted by Gasteiger charge is -2.22. The largest absolute Gasteiger partial charge is 0.458 e. The van der Waals surface area contributed by atoms with Gasteiger partial charge in [0.25, 0.3) is 5.56 Å². The summed E-state index contributed by atoms with van der Waals surface area (Å²) in [5.41, 5.74) is -0.662. The van der Waals surface area contributed by atoms with E-state index >= 15 is 0 Å². The van der Waals surface area contributed by atoms with E-state index in [2.05, 4.69) is 15.4 Å². The van der Waals surface area contributed by atoms with Crippen molar-refractivity contribution in [1.29, 1.82) is 0 Å². The fourth-order valence-electron chi connectivity index (χ4n) is 1.70. The molecule has 8 nitrogen and oxygen atoms in total. The number of aromatic nitrogens is 5. The standard InChI is InChI=1S/C12H17N5O3/c1-7(11(19)20-12(2,3)4)17-10(18)8-6-13-16(5)9(8)14-15-17/h6-7H,1-5H3. The Labute approximate surface area is 115 Å². The van der Waals surface area contributed by atoms with Crippen LogP contribution in [0.5, 0.6) is 0 Å². The van der Waals surface area contributed by atoms with Crippen molar-refractivity contribution in [3.05, 3.63) is 16.6 Å². The Morgan fingerprint density at radius 1 is 1.40 bits per heavy atom. The molecule has 0 saturated carbocycles. The number of fused-ring (bicyclic) bond motifs is 1. The van der Waals surface area contributed by atoms with Gasteiger partial charge in [-0.15, -0.1) is 5.10 Å². The molecule has 20 heavy (non-hydrogen) atoms. The molecule has 0 bridgehead atoms. The summed E-state index contributed by atoms with van der Waals surface area (Å²) in [7, 11) is 1.66. The maximum Gasteiger partial charge on any atom is 0.331 e. The van der Waals surface area contributed by atoms with Gasteiger partial charge in [0, 0.05) is 7.05 Å². The van der Waals surface area contributed by atoms with Crippen molar-refractivity contribution in [1.82, 2.24) is 24.8 Å². The zero-order valence-electron chi connectivity index (χ0n) is 12.1. The first-order chi connectivity index (χ1) is 9.20. The number of esters is 1.